The number of morpholine rings is 1. The highest BCUT2D eigenvalue weighted by molar-refractivity contribution is 5.45. The number of nitrogens with one attached hydrogen (secondary N) is 1. The van der Waals surface area contributed by atoms with Gasteiger partial charge < -0.3 is 14.8 Å². The summed E-state index contributed by atoms with van der Waals surface area (Å²) in [5.41, 5.74) is 3.18. The first-order valence-electron chi connectivity index (χ1n) is 9.76. The van der Waals surface area contributed by atoms with Crippen LogP contribution in [0.1, 0.15) is 55.8 Å². The fraction of sp³-hybridized carbons (Fsp3) is 0.714. The third-order valence-electron chi connectivity index (χ3n) is 7.13. The van der Waals surface area contributed by atoms with Gasteiger partial charge >= 0.3 is 0 Å². The molecule has 1 saturated heterocycles. The van der Waals surface area contributed by atoms with Crippen LogP contribution in [0.3, 0.4) is 0 Å². The van der Waals surface area contributed by atoms with E-state index in [9.17, 15) is 0 Å². The van der Waals surface area contributed by atoms with Crippen LogP contribution < -0.4 is 10.1 Å². The Balaban J connectivity index is 1.54. The molecule has 4 aliphatic carbocycles. The molecule has 1 heterocycles. The zero-order valence-corrected chi connectivity index (χ0v) is 14.7. The normalized spacial score (nSPS) is 40.7. The Kier molecular flexibility index (Phi) is 3.64. The standard InChI is InChI=1S/C21H29NO2/c1-23-19-3-2-17(20-13-22-4-5-24-20)9-18(19)21-10-14-6-15(11-21)8-16(7-14)12-21/h2-3,9,14-16,20,22H,4-8,10-13H2,1H3. The predicted molar refractivity (Wildman–Crippen MR) is 94.4 cm³/mol. The van der Waals surface area contributed by atoms with Gasteiger partial charge in [-0.3, -0.25) is 0 Å². The van der Waals surface area contributed by atoms with Gasteiger partial charge in [-0.1, -0.05) is 6.07 Å². The van der Waals surface area contributed by atoms with E-state index < -0.39 is 0 Å². The van der Waals surface area contributed by atoms with Gasteiger partial charge in [0.2, 0.25) is 0 Å². The average molecular weight is 327 g/mol. The first-order valence-corrected chi connectivity index (χ1v) is 9.76. The zero-order chi connectivity index (χ0) is 16.1. The number of benzene rings is 1. The Morgan fingerprint density at radius 2 is 1.79 bits per heavy atom. The van der Waals surface area contributed by atoms with E-state index in [4.69, 9.17) is 9.47 Å². The van der Waals surface area contributed by atoms with Gasteiger partial charge in [0.1, 0.15) is 5.75 Å². The molecular weight excluding hydrogens is 298 g/mol. The van der Waals surface area contributed by atoms with Gasteiger partial charge in [-0.05, 0) is 79.4 Å². The van der Waals surface area contributed by atoms with Gasteiger partial charge in [-0.25, -0.2) is 0 Å². The second-order valence-electron chi connectivity index (χ2n) is 8.72. The summed E-state index contributed by atoms with van der Waals surface area (Å²) in [5.74, 6) is 3.97. The Morgan fingerprint density at radius 3 is 2.38 bits per heavy atom. The summed E-state index contributed by atoms with van der Waals surface area (Å²) in [6, 6.07) is 6.84. The van der Waals surface area contributed by atoms with E-state index in [0.29, 0.717) is 5.41 Å². The summed E-state index contributed by atoms with van der Waals surface area (Å²) in [6.45, 7) is 2.70. The second kappa shape index (κ2) is 5.74. The van der Waals surface area contributed by atoms with Crippen LogP contribution in [0.25, 0.3) is 0 Å². The molecule has 3 nitrogen and oxygen atoms in total. The number of hydrogen-bond donors (Lipinski definition) is 1. The summed E-state index contributed by atoms with van der Waals surface area (Å²) in [7, 11) is 1.83. The molecule has 0 spiro atoms. The monoisotopic (exact) mass is 327 g/mol. The third kappa shape index (κ3) is 2.40. The van der Waals surface area contributed by atoms with Gasteiger partial charge in [0.05, 0.1) is 19.8 Å². The van der Waals surface area contributed by atoms with Crippen molar-refractivity contribution in [3.05, 3.63) is 29.3 Å². The first kappa shape index (κ1) is 15.2. The van der Waals surface area contributed by atoms with Crippen LogP contribution in [0.5, 0.6) is 5.75 Å². The summed E-state index contributed by atoms with van der Waals surface area (Å²) in [6.07, 6.45) is 8.77. The average Bonchev–Trinajstić information content (AvgIpc) is 2.61. The molecule has 5 fully saturated rings. The number of methoxy groups -OCH3 is 1. The van der Waals surface area contributed by atoms with Gasteiger partial charge in [-0.2, -0.15) is 0 Å². The highest BCUT2D eigenvalue weighted by Gasteiger charge is 2.52. The Hall–Kier alpha value is -1.06. The minimum atomic E-state index is 0.192. The van der Waals surface area contributed by atoms with E-state index in [-0.39, 0.29) is 6.10 Å². The lowest BCUT2D eigenvalue weighted by atomic mass is 9.48. The summed E-state index contributed by atoms with van der Waals surface area (Å²) < 4.78 is 11.8. The van der Waals surface area contributed by atoms with Crippen LogP contribution in [-0.2, 0) is 10.2 Å². The van der Waals surface area contributed by atoms with Gasteiger partial charge in [0.15, 0.2) is 0 Å². The van der Waals surface area contributed by atoms with Crippen LogP contribution in [0.4, 0.5) is 0 Å². The lowest BCUT2D eigenvalue weighted by Crippen LogP contribution is -2.48. The molecule has 1 aliphatic heterocycles. The zero-order valence-electron chi connectivity index (χ0n) is 14.7. The highest BCUT2D eigenvalue weighted by Crippen LogP contribution is 2.62. The maximum atomic E-state index is 6.01. The van der Waals surface area contributed by atoms with Crippen molar-refractivity contribution in [3.8, 4) is 5.75 Å². The highest BCUT2D eigenvalue weighted by atomic mass is 16.5. The minimum absolute atomic E-state index is 0.192. The molecule has 5 aliphatic rings. The number of rotatable bonds is 3. The van der Waals surface area contributed by atoms with Crippen LogP contribution >= 0.6 is 0 Å². The SMILES string of the molecule is COc1ccc(C2CNCCO2)cc1C12CC3CC(CC(C3)C1)C2. The largest absolute Gasteiger partial charge is 0.496 e. The van der Waals surface area contributed by atoms with Gasteiger partial charge in [0, 0.05) is 18.7 Å². The summed E-state index contributed by atoms with van der Waals surface area (Å²) in [5, 5.41) is 3.46. The number of ether oxygens (including phenoxy) is 2. The molecule has 0 radical (unpaired) electrons. The quantitative estimate of drug-likeness (QED) is 0.915. The van der Waals surface area contributed by atoms with Crippen LogP contribution in [0, 0.1) is 17.8 Å². The Labute approximate surface area is 145 Å². The second-order valence-corrected chi connectivity index (χ2v) is 8.72. The number of hydrogen-bond acceptors (Lipinski definition) is 3. The topological polar surface area (TPSA) is 30.5 Å². The van der Waals surface area contributed by atoms with E-state index in [0.717, 1.165) is 43.2 Å². The molecule has 1 N–H and O–H groups in total. The molecule has 4 bridgehead atoms. The molecule has 0 aromatic heterocycles. The van der Waals surface area contributed by atoms with E-state index in [1.165, 1.54) is 49.7 Å². The molecular formula is C21H29NO2. The van der Waals surface area contributed by atoms with E-state index in [1.54, 1.807) is 0 Å². The maximum Gasteiger partial charge on any atom is 0.122 e. The molecule has 1 aromatic rings. The Morgan fingerprint density at radius 1 is 1.08 bits per heavy atom. The molecule has 6 rings (SSSR count). The molecule has 24 heavy (non-hydrogen) atoms. The molecule has 0 amide bonds. The van der Waals surface area contributed by atoms with Crippen LogP contribution in [0.2, 0.25) is 0 Å². The van der Waals surface area contributed by atoms with Crippen molar-refractivity contribution in [3.63, 3.8) is 0 Å². The molecule has 1 atom stereocenters. The lowest BCUT2D eigenvalue weighted by Gasteiger charge is -2.57. The van der Waals surface area contributed by atoms with Crippen molar-refractivity contribution in [1.82, 2.24) is 5.32 Å². The minimum Gasteiger partial charge on any atom is -0.496 e. The predicted octanol–water partition coefficient (Wildman–Crippen LogP) is 3.82. The lowest BCUT2D eigenvalue weighted by molar-refractivity contribution is -0.00657. The molecule has 4 saturated carbocycles. The van der Waals surface area contributed by atoms with E-state index in [1.807, 2.05) is 7.11 Å². The molecule has 3 heteroatoms. The van der Waals surface area contributed by atoms with E-state index in [2.05, 4.69) is 23.5 Å². The van der Waals surface area contributed by atoms with Crippen molar-refractivity contribution < 1.29 is 9.47 Å². The van der Waals surface area contributed by atoms with Crippen molar-refractivity contribution in [2.24, 2.45) is 17.8 Å². The van der Waals surface area contributed by atoms with Crippen LogP contribution in [-0.4, -0.2) is 26.8 Å². The fourth-order valence-electron chi connectivity index (χ4n) is 6.56. The smallest absolute Gasteiger partial charge is 0.122 e. The van der Waals surface area contributed by atoms with Crippen LogP contribution in [0.15, 0.2) is 18.2 Å². The Bertz CT molecular complexity index is 585. The van der Waals surface area contributed by atoms with E-state index >= 15 is 0 Å². The first-order chi connectivity index (χ1) is 11.8. The van der Waals surface area contributed by atoms with Gasteiger partial charge in [-0.15, -0.1) is 0 Å². The summed E-state index contributed by atoms with van der Waals surface area (Å²) >= 11 is 0. The van der Waals surface area contributed by atoms with Crippen molar-refractivity contribution in [2.45, 2.75) is 50.0 Å². The molecule has 130 valence electrons. The van der Waals surface area contributed by atoms with Crippen molar-refractivity contribution in [1.29, 1.82) is 0 Å². The maximum absolute atomic E-state index is 6.01. The fourth-order valence-corrected chi connectivity index (χ4v) is 6.56. The molecule has 1 aromatic carbocycles. The van der Waals surface area contributed by atoms with Gasteiger partial charge in [0.25, 0.3) is 0 Å². The van der Waals surface area contributed by atoms with Crippen molar-refractivity contribution in [2.75, 3.05) is 26.8 Å². The van der Waals surface area contributed by atoms with Crippen molar-refractivity contribution >= 4 is 0 Å². The molecule has 1 unspecified atom stereocenters. The third-order valence-corrected chi connectivity index (χ3v) is 7.13. The summed E-state index contributed by atoms with van der Waals surface area (Å²) in [4.78, 5) is 0.